The van der Waals surface area contributed by atoms with Gasteiger partial charge in [-0.3, -0.25) is 0 Å². The molecular weight excluding hydrogens is 316 g/mol. The van der Waals surface area contributed by atoms with Crippen LogP contribution in [0.1, 0.15) is 31.5 Å². The summed E-state index contributed by atoms with van der Waals surface area (Å²) in [6.07, 6.45) is 5.05. The molecule has 3 rings (SSSR count). The van der Waals surface area contributed by atoms with Gasteiger partial charge in [-0.05, 0) is 44.0 Å². The summed E-state index contributed by atoms with van der Waals surface area (Å²) in [7, 11) is 1.65. The Labute approximate surface area is 149 Å². The van der Waals surface area contributed by atoms with Gasteiger partial charge in [-0.1, -0.05) is 12.8 Å². The Bertz CT molecular complexity index is 670. The number of rotatable bonds is 8. The van der Waals surface area contributed by atoms with Crippen LogP contribution < -0.4 is 20.1 Å². The summed E-state index contributed by atoms with van der Waals surface area (Å²) in [5.41, 5.74) is 0. The predicted molar refractivity (Wildman–Crippen MR) is 99.6 cm³/mol. The van der Waals surface area contributed by atoms with Crippen molar-refractivity contribution in [1.29, 1.82) is 0 Å². The van der Waals surface area contributed by atoms with Crippen LogP contribution in [0.4, 0.5) is 11.6 Å². The number of hydrogen-bond donors (Lipinski definition) is 2. The zero-order chi connectivity index (χ0) is 17.5. The quantitative estimate of drug-likeness (QED) is 0.714. The first-order valence-electron chi connectivity index (χ1n) is 8.86. The molecule has 0 atom stereocenters. The molecule has 0 aliphatic heterocycles. The molecular formula is C19H26N4O2. The molecule has 0 amide bonds. The van der Waals surface area contributed by atoms with Gasteiger partial charge in [0.05, 0.1) is 13.7 Å². The summed E-state index contributed by atoms with van der Waals surface area (Å²) >= 11 is 0. The van der Waals surface area contributed by atoms with Gasteiger partial charge < -0.3 is 20.1 Å². The smallest absolute Gasteiger partial charge is 0.132 e. The van der Waals surface area contributed by atoms with Gasteiger partial charge in [-0.25, -0.2) is 9.97 Å². The van der Waals surface area contributed by atoms with Crippen molar-refractivity contribution in [1.82, 2.24) is 9.97 Å². The first-order valence-corrected chi connectivity index (χ1v) is 8.86. The van der Waals surface area contributed by atoms with Crippen LogP contribution >= 0.6 is 0 Å². The molecule has 1 saturated carbocycles. The van der Waals surface area contributed by atoms with Crippen molar-refractivity contribution in [2.45, 2.75) is 38.6 Å². The number of aromatic nitrogens is 2. The van der Waals surface area contributed by atoms with Gasteiger partial charge in [0.1, 0.15) is 35.6 Å². The Morgan fingerprint density at radius 3 is 2.44 bits per heavy atom. The Morgan fingerprint density at radius 2 is 1.72 bits per heavy atom. The first kappa shape index (κ1) is 17.3. The molecule has 1 heterocycles. The van der Waals surface area contributed by atoms with E-state index in [9.17, 15) is 0 Å². The van der Waals surface area contributed by atoms with Crippen molar-refractivity contribution in [3.05, 3.63) is 36.2 Å². The highest BCUT2D eigenvalue weighted by Crippen LogP contribution is 2.22. The SMILES string of the molecule is COc1ccc(OCCNc2cc(NC3CCCC3)nc(C)n2)cc1. The van der Waals surface area contributed by atoms with Crippen LogP contribution in [-0.4, -0.2) is 36.3 Å². The molecule has 1 fully saturated rings. The van der Waals surface area contributed by atoms with Gasteiger partial charge in [-0.15, -0.1) is 0 Å². The lowest BCUT2D eigenvalue weighted by Gasteiger charge is -2.14. The minimum Gasteiger partial charge on any atom is -0.497 e. The lowest BCUT2D eigenvalue weighted by atomic mass is 10.2. The van der Waals surface area contributed by atoms with E-state index >= 15 is 0 Å². The molecule has 2 N–H and O–H groups in total. The number of nitrogens with zero attached hydrogens (tertiary/aromatic N) is 2. The summed E-state index contributed by atoms with van der Waals surface area (Å²) in [6.45, 7) is 3.14. The van der Waals surface area contributed by atoms with Crippen LogP contribution in [0.25, 0.3) is 0 Å². The molecule has 0 bridgehead atoms. The van der Waals surface area contributed by atoms with Crippen LogP contribution in [-0.2, 0) is 0 Å². The number of anilines is 2. The summed E-state index contributed by atoms with van der Waals surface area (Å²) < 4.78 is 10.9. The largest absolute Gasteiger partial charge is 0.497 e. The fourth-order valence-corrected chi connectivity index (χ4v) is 3.03. The second-order valence-electron chi connectivity index (χ2n) is 6.26. The van der Waals surface area contributed by atoms with Crippen LogP contribution in [0.5, 0.6) is 11.5 Å². The number of methoxy groups -OCH3 is 1. The third-order valence-corrected chi connectivity index (χ3v) is 4.28. The van der Waals surface area contributed by atoms with E-state index in [0.29, 0.717) is 19.2 Å². The molecule has 6 heteroatoms. The van der Waals surface area contributed by atoms with Gasteiger partial charge in [0.2, 0.25) is 0 Å². The third-order valence-electron chi connectivity index (χ3n) is 4.28. The lowest BCUT2D eigenvalue weighted by molar-refractivity contribution is 0.331. The predicted octanol–water partition coefficient (Wildman–Crippen LogP) is 3.64. The average molecular weight is 342 g/mol. The van der Waals surface area contributed by atoms with E-state index in [-0.39, 0.29) is 0 Å². The number of benzene rings is 1. The van der Waals surface area contributed by atoms with Crippen LogP contribution in [0.2, 0.25) is 0 Å². The van der Waals surface area contributed by atoms with Crippen LogP contribution in [0.3, 0.4) is 0 Å². The van der Waals surface area contributed by atoms with Crippen molar-refractivity contribution >= 4 is 11.6 Å². The maximum Gasteiger partial charge on any atom is 0.132 e. The molecule has 1 aromatic heterocycles. The van der Waals surface area contributed by atoms with Crippen LogP contribution in [0.15, 0.2) is 30.3 Å². The Kier molecular flexibility index (Phi) is 5.93. The molecule has 134 valence electrons. The van der Waals surface area contributed by atoms with E-state index in [4.69, 9.17) is 9.47 Å². The fraction of sp³-hybridized carbons (Fsp3) is 0.474. The Morgan fingerprint density at radius 1 is 1.04 bits per heavy atom. The van der Waals surface area contributed by atoms with Gasteiger partial charge in [0.25, 0.3) is 0 Å². The highest BCUT2D eigenvalue weighted by molar-refractivity contribution is 5.48. The molecule has 1 aliphatic carbocycles. The van der Waals surface area contributed by atoms with E-state index in [2.05, 4.69) is 20.6 Å². The van der Waals surface area contributed by atoms with Gasteiger partial charge >= 0.3 is 0 Å². The summed E-state index contributed by atoms with van der Waals surface area (Å²) in [6, 6.07) is 10.1. The number of ether oxygens (including phenoxy) is 2. The van der Waals surface area contributed by atoms with E-state index in [1.54, 1.807) is 7.11 Å². The van der Waals surface area contributed by atoms with Gasteiger partial charge in [0.15, 0.2) is 0 Å². The minimum atomic E-state index is 0.542. The molecule has 0 radical (unpaired) electrons. The molecule has 0 saturated heterocycles. The van der Waals surface area contributed by atoms with Crippen molar-refractivity contribution < 1.29 is 9.47 Å². The Hall–Kier alpha value is -2.50. The molecule has 2 aromatic rings. The molecule has 0 spiro atoms. The average Bonchev–Trinajstić information content (AvgIpc) is 3.12. The highest BCUT2D eigenvalue weighted by atomic mass is 16.5. The molecule has 0 unspecified atom stereocenters. The van der Waals surface area contributed by atoms with Crippen molar-refractivity contribution in [3.8, 4) is 11.5 Å². The second kappa shape index (κ2) is 8.55. The standard InChI is InChI=1S/C19H26N4O2/c1-14-21-18(13-19(22-14)23-15-5-3-4-6-15)20-11-12-25-17-9-7-16(24-2)8-10-17/h7-10,13,15H,3-6,11-12H2,1-2H3,(H2,20,21,22,23). The zero-order valence-electron chi connectivity index (χ0n) is 14.9. The number of hydrogen-bond acceptors (Lipinski definition) is 6. The minimum absolute atomic E-state index is 0.542. The summed E-state index contributed by atoms with van der Waals surface area (Å²) in [5.74, 6) is 4.14. The number of nitrogens with one attached hydrogen (secondary N) is 2. The van der Waals surface area contributed by atoms with Gasteiger partial charge in [0, 0.05) is 12.1 Å². The zero-order valence-corrected chi connectivity index (χ0v) is 14.9. The van der Waals surface area contributed by atoms with Crippen molar-refractivity contribution in [2.75, 3.05) is 30.9 Å². The monoisotopic (exact) mass is 342 g/mol. The van der Waals surface area contributed by atoms with Crippen LogP contribution in [0, 0.1) is 6.92 Å². The molecule has 1 aromatic carbocycles. The highest BCUT2D eigenvalue weighted by Gasteiger charge is 2.15. The van der Waals surface area contributed by atoms with Crippen molar-refractivity contribution in [3.63, 3.8) is 0 Å². The Balaban J connectivity index is 1.47. The lowest BCUT2D eigenvalue weighted by Crippen LogP contribution is -2.17. The van der Waals surface area contributed by atoms with Crippen molar-refractivity contribution in [2.24, 2.45) is 0 Å². The summed E-state index contributed by atoms with van der Waals surface area (Å²) in [5, 5.41) is 6.82. The normalized spacial score (nSPS) is 14.3. The second-order valence-corrected chi connectivity index (χ2v) is 6.26. The first-order chi connectivity index (χ1) is 12.2. The van der Waals surface area contributed by atoms with E-state index < -0.39 is 0 Å². The molecule has 6 nitrogen and oxygen atoms in total. The molecule has 25 heavy (non-hydrogen) atoms. The summed E-state index contributed by atoms with van der Waals surface area (Å²) in [4.78, 5) is 8.93. The third kappa shape index (κ3) is 5.24. The van der Waals surface area contributed by atoms with E-state index in [1.807, 2.05) is 37.3 Å². The maximum absolute atomic E-state index is 5.72. The topological polar surface area (TPSA) is 68.3 Å². The molecule has 1 aliphatic rings. The van der Waals surface area contributed by atoms with E-state index in [0.717, 1.165) is 29.0 Å². The maximum atomic E-state index is 5.72. The fourth-order valence-electron chi connectivity index (χ4n) is 3.03. The number of aryl methyl sites for hydroxylation is 1. The van der Waals surface area contributed by atoms with Gasteiger partial charge in [-0.2, -0.15) is 0 Å². The van der Waals surface area contributed by atoms with E-state index in [1.165, 1.54) is 25.7 Å².